The maximum Gasteiger partial charge on any atom is 0.299 e. The van der Waals surface area contributed by atoms with Crippen LogP contribution in [-0.2, 0) is 0 Å². The van der Waals surface area contributed by atoms with Crippen molar-refractivity contribution < 1.29 is 14.4 Å². The average Bonchev–Trinajstić information content (AvgIpc) is 2.43. The van der Waals surface area contributed by atoms with Crippen molar-refractivity contribution >= 4 is 16.6 Å². The van der Waals surface area contributed by atoms with Crippen LogP contribution in [0.15, 0.2) is 24.4 Å². The molecule has 1 aromatic carbocycles. The Labute approximate surface area is 110 Å². The fourth-order valence-electron chi connectivity index (χ4n) is 1.83. The monoisotopic (exact) mass is 262 g/mol. The molecule has 0 fully saturated rings. The van der Waals surface area contributed by atoms with Gasteiger partial charge in [0.25, 0.3) is 5.69 Å². The summed E-state index contributed by atoms with van der Waals surface area (Å²) in [6, 6.07) is 4.80. The van der Waals surface area contributed by atoms with Crippen LogP contribution >= 0.6 is 0 Å². The summed E-state index contributed by atoms with van der Waals surface area (Å²) in [4.78, 5) is 14.7. The Morgan fingerprint density at radius 1 is 1.47 bits per heavy atom. The minimum absolute atomic E-state index is 0.0868. The van der Waals surface area contributed by atoms with Crippen molar-refractivity contribution in [2.45, 2.75) is 13.3 Å². The number of hydrogen-bond donors (Lipinski definition) is 0. The number of nitrogens with zero attached hydrogens (tertiary/aromatic N) is 2. The van der Waals surface area contributed by atoms with Gasteiger partial charge in [-0.3, -0.25) is 10.1 Å². The van der Waals surface area contributed by atoms with E-state index in [1.807, 2.05) is 6.92 Å². The standard InChI is InChI=1S/C13H14N2O4/c1-3-7-19-13-9-5-4-6-14-12(9)10(15(16)17)8-11(13)18-2/h4-6,8H,3,7H2,1-2H3. The van der Waals surface area contributed by atoms with E-state index < -0.39 is 4.92 Å². The Balaban J connectivity index is 2.72. The number of methoxy groups -OCH3 is 1. The van der Waals surface area contributed by atoms with Crippen molar-refractivity contribution in [1.82, 2.24) is 4.98 Å². The molecular formula is C13H14N2O4. The number of hydrogen-bond acceptors (Lipinski definition) is 5. The number of nitro benzene ring substituents is 1. The molecule has 0 aliphatic carbocycles. The predicted octanol–water partition coefficient (Wildman–Crippen LogP) is 2.94. The molecule has 0 N–H and O–H groups in total. The van der Waals surface area contributed by atoms with Gasteiger partial charge in [0.15, 0.2) is 17.0 Å². The first-order valence-electron chi connectivity index (χ1n) is 5.92. The largest absolute Gasteiger partial charge is 0.493 e. The van der Waals surface area contributed by atoms with E-state index in [-0.39, 0.29) is 5.69 Å². The van der Waals surface area contributed by atoms with Gasteiger partial charge in [-0.1, -0.05) is 6.92 Å². The lowest BCUT2D eigenvalue weighted by atomic mass is 10.1. The predicted molar refractivity (Wildman–Crippen MR) is 70.7 cm³/mol. The Bertz CT molecular complexity index is 613. The zero-order valence-corrected chi connectivity index (χ0v) is 10.8. The molecule has 0 amide bonds. The fraction of sp³-hybridized carbons (Fsp3) is 0.308. The van der Waals surface area contributed by atoms with Gasteiger partial charge in [0.1, 0.15) is 0 Å². The molecule has 0 atom stereocenters. The molecule has 0 saturated carbocycles. The Morgan fingerprint density at radius 3 is 2.89 bits per heavy atom. The number of nitro groups is 1. The lowest BCUT2D eigenvalue weighted by molar-refractivity contribution is -0.383. The molecule has 19 heavy (non-hydrogen) atoms. The average molecular weight is 262 g/mol. The van der Waals surface area contributed by atoms with Crippen LogP contribution in [0.3, 0.4) is 0 Å². The minimum atomic E-state index is -0.471. The molecule has 0 bridgehead atoms. The molecule has 0 spiro atoms. The minimum Gasteiger partial charge on any atom is -0.493 e. The first kappa shape index (κ1) is 13.1. The topological polar surface area (TPSA) is 74.5 Å². The van der Waals surface area contributed by atoms with Crippen molar-refractivity contribution in [3.8, 4) is 11.5 Å². The second kappa shape index (κ2) is 5.51. The van der Waals surface area contributed by atoms with Crippen LogP contribution in [0.1, 0.15) is 13.3 Å². The van der Waals surface area contributed by atoms with Gasteiger partial charge in [0, 0.05) is 6.20 Å². The summed E-state index contributed by atoms with van der Waals surface area (Å²) in [5.41, 5.74) is 0.218. The van der Waals surface area contributed by atoms with Gasteiger partial charge in [0.05, 0.1) is 30.1 Å². The highest BCUT2D eigenvalue weighted by molar-refractivity contribution is 5.94. The number of non-ortho nitro benzene ring substituents is 1. The van der Waals surface area contributed by atoms with Gasteiger partial charge in [-0.05, 0) is 18.6 Å². The summed E-state index contributed by atoms with van der Waals surface area (Å²) >= 11 is 0. The number of aromatic nitrogens is 1. The highest BCUT2D eigenvalue weighted by Gasteiger charge is 2.21. The van der Waals surface area contributed by atoms with Gasteiger partial charge in [-0.2, -0.15) is 0 Å². The van der Waals surface area contributed by atoms with Gasteiger partial charge in [0.2, 0.25) is 0 Å². The lowest BCUT2D eigenvalue weighted by Gasteiger charge is -2.12. The Kier molecular flexibility index (Phi) is 3.79. The van der Waals surface area contributed by atoms with Gasteiger partial charge in [-0.25, -0.2) is 4.98 Å². The molecule has 2 aromatic rings. The molecule has 0 radical (unpaired) electrons. The first-order chi connectivity index (χ1) is 9.19. The smallest absolute Gasteiger partial charge is 0.299 e. The van der Waals surface area contributed by atoms with Crippen LogP contribution in [0.4, 0.5) is 5.69 Å². The molecule has 1 heterocycles. The summed E-state index contributed by atoms with van der Waals surface area (Å²) in [7, 11) is 1.46. The maximum absolute atomic E-state index is 11.1. The zero-order chi connectivity index (χ0) is 13.8. The van der Waals surface area contributed by atoms with Crippen LogP contribution < -0.4 is 9.47 Å². The Hall–Kier alpha value is -2.37. The summed E-state index contributed by atoms with van der Waals surface area (Å²) in [6.07, 6.45) is 2.35. The molecule has 100 valence electrons. The van der Waals surface area contributed by atoms with E-state index in [4.69, 9.17) is 9.47 Å². The van der Waals surface area contributed by atoms with Crippen molar-refractivity contribution in [2.24, 2.45) is 0 Å². The van der Waals surface area contributed by atoms with Crippen LogP contribution in [0.2, 0.25) is 0 Å². The van der Waals surface area contributed by atoms with E-state index in [9.17, 15) is 10.1 Å². The van der Waals surface area contributed by atoms with Crippen LogP contribution in [0.25, 0.3) is 10.9 Å². The van der Waals surface area contributed by atoms with E-state index in [0.29, 0.717) is 29.0 Å². The summed E-state index contributed by atoms with van der Waals surface area (Å²) in [5.74, 6) is 0.846. The molecule has 1 aromatic heterocycles. The number of benzene rings is 1. The number of rotatable bonds is 5. The van der Waals surface area contributed by atoms with Gasteiger partial charge < -0.3 is 9.47 Å². The summed E-state index contributed by atoms with van der Waals surface area (Å²) < 4.78 is 10.8. The van der Waals surface area contributed by atoms with Crippen molar-refractivity contribution in [3.63, 3.8) is 0 Å². The van der Waals surface area contributed by atoms with Crippen molar-refractivity contribution in [1.29, 1.82) is 0 Å². The van der Waals surface area contributed by atoms with Crippen LogP contribution in [-0.4, -0.2) is 23.6 Å². The second-order valence-electron chi connectivity index (χ2n) is 3.93. The maximum atomic E-state index is 11.1. The third-order valence-corrected chi connectivity index (χ3v) is 2.65. The molecule has 6 nitrogen and oxygen atoms in total. The van der Waals surface area contributed by atoms with E-state index >= 15 is 0 Å². The second-order valence-corrected chi connectivity index (χ2v) is 3.93. The number of pyridine rings is 1. The zero-order valence-electron chi connectivity index (χ0n) is 10.8. The molecule has 2 rings (SSSR count). The highest BCUT2D eigenvalue weighted by atomic mass is 16.6. The molecule has 0 unspecified atom stereocenters. The first-order valence-corrected chi connectivity index (χ1v) is 5.92. The van der Waals surface area contributed by atoms with Crippen LogP contribution in [0, 0.1) is 10.1 Å². The van der Waals surface area contributed by atoms with E-state index in [1.165, 1.54) is 19.4 Å². The quantitative estimate of drug-likeness (QED) is 0.611. The third kappa shape index (κ3) is 2.42. The van der Waals surface area contributed by atoms with E-state index in [2.05, 4.69) is 4.98 Å². The lowest BCUT2D eigenvalue weighted by Crippen LogP contribution is -2.01. The highest BCUT2D eigenvalue weighted by Crippen LogP contribution is 2.40. The SMILES string of the molecule is CCCOc1c(OC)cc([N+](=O)[O-])c2ncccc12. The van der Waals surface area contributed by atoms with Crippen molar-refractivity contribution in [3.05, 3.63) is 34.5 Å². The Morgan fingerprint density at radius 2 is 2.26 bits per heavy atom. The van der Waals surface area contributed by atoms with E-state index in [1.54, 1.807) is 12.1 Å². The van der Waals surface area contributed by atoms with Gasteiger partial charge >= 0.3 is 0 Å². The molecule has 0 aliphatic heterocycles. The fourth-order valence-corrected chi connectivity index (χ4v) is 1.83. The number of ether oxygens (including phenoxy) is 2. The summed E-state index contributed by atoms with van der Waals surface area (Å²) in [5, 5.41) is 11.7. The molecule has 0 saturated heterocycles. The van der Waals surface area contributed by atoms with Crippen LogP contribution in [0.5, 0.6) is 11.5 Å². The molecular weight excluding hydrogens is 248 g/mol. The normalized spacial score (nSPS) is 10.4. The van der Waals surface area contributed by atoms with E-state index in [0.717, 1.165) is 6.42 Å². The van der Waals surface area contributed by atoms with Gasteiger partial charge in [-0.15, -0.1) is 0 Å². The molecule has 6 heteroatoms. The third-order valence-electron chi connectivity index (χ3n) is 2.65. The number of fused-ring (bicyclic) bond motifs is 1. The molecule has 0 aliphatic rings. The summed E-state index contributed by atoms with van der Waals surface area (Å²) in [6.45, 7) is 2.50. The van der Waals surface area contributed by atoms with Crippen molar-refractivity contribution in [2.75, 3.05) is 13.7 Å².